The van der Waals surface area contributed by atoms with Crippen LogP contribution in [0.4, 0.5) is 11.4 Å². The minimum absolute atomic E-state index is 0.0260. The molecule has 0 saturated carbocycles. The molecule has 0 aromatic heterocycles. The molecule has 214 valence electrons. The minimum Gasteiger partial charge on any atom is -0.494 e. The summed E-state index contributed by atoms with van der Waals surface area (Å²) in [6.07, 6.45) is 1.53. The summed E-state index contributed by atoms with van der Waals surface area (Å²) in [5, 5.41) is 8.49. The lowest BCUT2D eigenvalue weighted by Crippen LogP contribution is -2.30. The molecule has 3 amide bonds. The Labute approximate surface area is 254 Å². The molecule has 0 heterocycles. The smallest absolute Gasteiger partial charge is 0.272 e. The van der Waals surface area contributed by atoms with E-state index >= 15 is 0 Å². The second-order valence-electron chi connectivity index (χ2n) is 9.09. The number of hydrogen-bond acceptors (Lipinski definition) is 5. The number of carbonyl (C=O) groups is 3. The summed E-state index contributed by atoms with van der Waals surface area (Å²) in [5.41, 5.74) is 2.19. The van der Waals surface area contributed by atoms with Gasteiger partial charge in [0.25, 0.3) is 11.8 Å². The van der Waals surface area contributed by atoms with E-state index in [1.165, 1.54) is 17.8 Å². The van der Waals surface area contributed by atoms with Crippen molar-refractivity contribution >= 4 is 58.5 Å². The monoisotopic (exact) mass is 599 g/mol. The van der Waals surface area contributed by atoms with E-state index in [1.54, 1.807) is 97.1 Å². The topological polar surface area (TPSA) is 96.5 Å². The highest BCUT2D eigenvalue weighted by molar-refractivity contribution is 8.00. The molecule has 1 atom stereocenters. The van der Waals surface area contributed by atoms with Crippen LogP contribution in [0.2, 0.25) is 5.02 Å². The lowest BCUT2D eigenvalue weighted by Gasteiger charge is -2.14. The Balaban J connectivity index is 1.45. The Kier molecular flexibility index (Phi) is 10.8. The zero-order valence-electron chi connectivity index (χ0n) is 23.1. The predicted octanol–water partition coefficient (Wildman–Crippen LogP) is 7.27. The number of ether oxygens (including phenoxy) is 1. The molecule has 0 aliphatic carbocycles. The van der Waals surface area contributed by atoms with Crippen LogP contribution in [-0.2, 0) is 9.59 Å². The molecular weight excluding hydrogens is 570 g/mol. The van der Waals surface area contributed by atoms with E-state index in [4.69, 9.17) is 16.3 Å². The number of anilines is 2. The fraction of sp³-hybridized carbons (Fsp3) is 0.121. The average molecular weight is 600 g/mol. The maximum atomic E-state index is 13.4. The Hall–Kier alpha value is -4.53. The minimum atomic E-state index is -0.525. The molecule has 4 rings (SSSR count). The van der Waals surface area contributed by atoms with Crippen molar-refractivity contribution in [1.82, 2.24) is 5.32 Å². The second-order valence-corrected chi connectivity index (χ2v) is 10.9. The first-order valence-corrected chi connectivity index (χ1v) is 14.5. The molecule has 0 bridgehead atoms. The van der Waals surface area contributed by atoms with Gasteiger partial charge in [-0.2, -0.15) is 0 Å². The van der Waals surface area contributed by atoms with Gasteiger partial charge in [0.2, 0.25) is 5.91 Å². The Morgan fingerprint density at radius 3 is 2.29 bits per heavy atom. The van der Waals surface area contributed by atoms with Gasteiger partial charge in [-0.05, 0) is 86.2 Å². The molecule has 0 fully saturated rings. The van der Waals surface area contributed by atoms with Gasteiger partial charge in [-0.15, -0.1) is 11.8 Å². The first kappa shape index (κ1) is 30.4. The van der Waals surface area contributed by atoms with Crippen LogP contribution in [0.15, 0.2) is 114 Å². The van der Waals surface area contributed by atoms with Crippen molar-refractivity contribution in [3.05, 3.63) is 125 Å². The van der Waals surface area contributed by atoms with Crippen LogP contribution in [-0.4, -0.2) is 29.6 Å². The van der Waals surface area contributed by atoms with Crippen molar-refractivity contribution in [2.75, 3.05) is 17.2 Å². The van der Waals surface area contributed by atoms with Crippen LogP contribution in [0.25, 0.3) is 6.08 Å². The van der Waals surface area contributed by atoms with Crippen LogP contribution >= 0.6 is 23.4 Å². The molecule has 0 saturated heterocycles. The second kappa shape index (κ2) is 14.9. The fourth-order valence-corrected chi connectivity index (χ4v) is 4.95. The average Bonchev–Trinajstić information content (AvgIpc) is 2.99. The molecule has 0 radical (unpaired) electrons. The van der Waals surface area contributed by atoms with E-state index < -0.39 is 17.1 Å². The van der Waals surface area contributed by atoms with Crippen molar-refractivity contribution in [3.8, 4) is 5.75 Å². The third kappa shape index (κ3) is 8.73. The molecule has 9 heteroatoms. The van der Waals surface area contributed by atoms with Crippen molar-refractivity contribution < 1.29 is 19.1 Å². The summed E-state index contributed by atoms with van der Waals surface area (Å²) >= 11 is 7.68. The molecular formula is C33H30ClN3O4S. The van der Waals surface area contributed by atoms with E-state index in [2.05, 4.69) is 16.0 Å². The van der Waals surface area contributed by atoms with Gasteiger partial charge in [-0.1, -0.05) is 54.1 Å². The third-order valence-electron chi connectivity index (χ3n) is 5.94. The van der Waals surface area contributed by atoms with Crippen molar-refractivity contribution in [1.29, 1.82) is 0 Å². The van der Waals surface area contributed by atoms with E-state index in [0.29, 0.717) is 34.1 Å². The maximum Gasteiger partial charge on any atom is 0.272 e. The first-order valence-electron chi connectivity index (χ1n) is 13.3. The van der Waals surface area contributed by atoms with E-state index in [0.717, 1.165) is 10.6 Å². The SMILES string of the molecule is CCOc1ccc(NC(=O)C(C)Sc2cccc(NC(=O)/C(=C\c3ccccc3Cl)NC(=O)c3ccccc3)c2)cc1. The van der Waals surface area contributed by atoms with Crippen LogP contribution in [0.3, 0.4) is 0 Å². The summed E-state index contributed by atoms with van der Waals surface area (Å²) in [4.78, 5) is 39.9. The molecule has 42 heavy (non-hydrogen) atoms. The number of thioether (sulfide) groups is 1. The number of amides is 3. The fourth-order valence-electron chi connectivity index (χ4n) is 3.84. The molecule has 3 N–H and O–H groups in total. The van der Waals surface area contributed by atoms with Gasteiger partial charge in [0.05, 0.1) is 11.9 Å². The highest BCUT2D eigenvalue weighted by Gasteiger charge is 2.18. The molecule has 1 unspecified atom stereocenters. The van der Waals surface area contributed by atoms with Gasteiger partial charge >= 0.3 is 0 Å². The maximum absolute atomic E-state index is 13.4. The van der Waals surface area contributed by atoms with E-state index in [-0.39, 0.29) is 11.6 Å². The van der Waals surface area contributed by atoms with Crippen molar-refractivity contribution in [2.24, 2.45) is 0 Å². The predicted molar refractivity (Wildman–Crippen MR) is 170 cm³/mol. The summed E-state index contributed by atoms with van der Waals surface area (Å²) in [5.74, 6) is -0.378. The number of hydrogen-bond donors (Lipinski definition) is 3. The lowest BCUT2D eigenvalue weighted by molar-refractivity contribution is -0.115. The lowest BCUT2D eigenvalue weighted by atomic mass is 10.1. The largest absolute Gasteiger partial charge is 0.494 e. The number of carbonyl (C=O) groups excluding carboxylic acids is 3. The molecule has 0 aliphatic heterocycles. The summed E-state index contributed by atoms with van der Waals surface area (Å²) in [7, 11) is 0. The third-order valence-corrected chi connectivity index (χ3v) is 7.38. The molecule has 0 aliphatic rings. The summed E-state index contributed by atoms with van der Waals surface area (Å²) in [6.45, 7) is 4.29. The molecule has 4 aromatic carbocycles. The zero-order valence-corrected chi connectivity index (χ0v) is 24.7. The van der Waals surface area contributed by atoms with E-state index in [1.807, 2.05) is 19.9 Å². The van der Waals surface area contributed by atoms with Gasteiger partial charge in [0.1, 0.15) is 11.4 Å². The van der Waals surface area contributed by atoms with Crippen LogP contribution < -0.4 is 20.7 Å². The summed E-state index contributed by atoms with van der Waals surface area (Å²) < 4.78 is 5.44. The molecule has 0 spiro atoms. The number of halogens is 1. The number of benzene rings is 4. The highest BCUT2D eigenvalue weighted by Crippen LogP contribution is 2.27. The quantitative estimate of drug-likeness (QED) is 0.124. The first-order chi connectivity index (χ1) is 20.3. The van der Waals surface area contributed by atoms with Crippen molar-refractivity contribution in [3.63, 3.8) is 0 Å². The number of rotatable bonds is 11. The van der Waals surface area contributed by atoms with Crippen LogP contribution in [0.5, 0.6) is 5.75 Å². The molecule has 7 nitrogen and oxygen atoms in total. The van der Waals surface area contributed by atoms with Crippen molar-refractivity contribution in [2.45, 2.75) is 24.0 Å². The van der Waals surface area contributed by atoms with Gasteiger partial charge in [-0.3, -0.25) is 14.4 Å². The van der Waals surface area contributed by atoms with Crippen LogP contribution in [0.1, 0.15) is 29.8 Å². The Morgan fingerprint density at radius 2 is 1.57 bits per heavy atom. The highest BCUT2D eigenvalue weighted by atomic mass is 35.5. The van der Waals surface area contributed by atoms with Crippen LogP contribution in [0, 0.1) is 0 Å². The van der Waals surface area contributed by atoms with Gasteiger partial charge in [0.15, 0.2) is 0 Å². The Bertz CT molecular complexity index is 1580. The number of nitrogens with one attached hydrogen (secondary N) is 3. The van der Waals surface area contributed by atoms with E-state index in [9.17, 15) is 14.4 Å². The van der Waals surface area contributed by atoms with Gasteiger partial charge < -0.3 is 20.7 Å². The normalized spacial score (nSPS) is 11.7. The Morgan fingerprint density at radius 1 is 0.857 bits per heavy atom. The van der Waals surface area contributed by atoms with Gasteiger partial charge in [-0.25, -0.2) is 0 Å². The molecule has 4 aromatic rings. The summed E-state index contributed by atoms with van der Waals surface area (Å²) in [6, 6.07) is 30.0. The zero-order chi connectivity index (χ0) is 29.9. The standard InChI is InChI=1S/C33H30ClN3O4S/c1-3-41-27-18-16-25(17-19-27)35-31(38)22(2)42-28-14-9-13-26(21-28)36-33(40)30(20-24-12-7-8-15-29(24)34)37-32(39)23-10-5-4-6-11-23/h4-22H,3H2,1-2H3,(H,35,38)(H,36,40)(H,37,39)/b30-20+. The van der Waals surface area contributed by atoms with Gasteiger partial charge in [0, 0.05) is 26.9 Å².